The van der Waals surface area contributed by atoms with Gasteiger partial charge in [-0.25, -0.2) is 0 Å². The summed E-state index contributed by atoms with van der Waals surface area (Å²) in [6.45, 7) is -1.66. The molecule has 0 unspecified atom stereocenters. The topological polar surface area (TPSA) is 330 Å². The Bertz CT molecular complexity index is 1410. The molecule has 0 aliphatic carbocycles. The minimum atomic E-state index is -1.46. The number of aliphatic hydroxyl groups is 3. The lowest BCUT2D eigenvalue weighted by atomic mass is 10.1. The molecule has 3 fully saturated rings. The maximum Gasteiger partial charge on any atom is 0.322 e. The first-order chi connectivity index (χ1) is 25.1. The molecular formula is C31H49N9O13. The number of aliphatic hydroxyl groups excluding tert-OH is 3. The van der Waals surface area contributed by atoms with Crippen LogP contribution in [-0.2, 0) is 43.2 Å². The van der Waals surface area contributed by atoms with Crippen molar-refractivity contribution in [3.8, 4) is 0 Å². The quantitative estimate of drug-likeness (QED) is 0.0660. The molecular weight excluding hydrogens is 706 g/mol. The standard InChI is InChI=1S/C31H49N9O13/c1-16(35-23(44)11-33-26(48)18(14-42)36-25(47)17(32)13-41)29(51)39-9-3-6-21(39)31(53)40-10-4-7-22(40)30(52)38-8-2-5-20(38)28(50)37-19(15-43)27(49)34-12-24(45)46/h16-22,41-43H,2-15,32H2,1H3,(H,33,48)(H,34,49)(H,35,44)(H,36,47)(H,37,50)(H,45,46)/t16-,17-,18-,19-,20-,21-,22-/m0/s1. The number of carbonyl (C=O) groups is 9. The first-order valence-corrected chi connectivity index (χ1v) is 17.3. The Hall–Kier alpha value is -4.93. The zero-order valence-corrected chi connectivity index (χ0v) is 29.3. The van der Waals surface area contributed by atoms with Crippen LogP contribution in [0.25, 0.3) is 0 Å². The Balaban J connectivity index is 1.58. The molecule has 0 aromatic rings. The summed E-state index contributed by atoms with van der Waals surface area (Å²) in [7, 11) is 0. The van der Waals surface area contributed by atoms with E-state index in [1.165, 1.54) is 21.6 Å². The van der Waals surface area contributed by atoms with Crippen LogP contribution in [0.4, 0.5) is 0 Å². The Morgan fingerprint density at radius 2 is 1.11 bits per heavy atom. The van der Waals surface area contributed by atoms with Crippen molar-refractivity contribution < 1.29 is 63.6 Å². The second-order valence-electron chi connectivity index (χ2n) is 13.0. The van der Waals surface area contributed by atoms with Crippen molar-refractivity contribution in [2.75, 3.05) is 52.5 Å². The molecule has 22 nitrogen and oxygen atoms in total. The number of hydrogen-bond acceptors (Lipinski definition) is 13. The smallest absolute Gasteiger partial charge is 0.322 e. The lowest BCUT2D eigenvalue weighted by Crippen LogP contribution is -2.58. The van der Waals surface area contributed by atoms with E-state index >= 15 is 0 Å². The number of likely N-dealkylation sites (tertiary alicyclic amines) is 3. The van der Waals surface area contributed by atoms with Crippen LogP contribution >= 0.6 is 0 Å². The number of hydrogen-bond donors (Lipinski definition) is 10. The van der Waals surface area contributed by atoms with Gasteiger partial charge in [0.15, 0.2) is 0 Å². The maximum atomic E-state index is 13.9. The minimum absolute atomic E-state index is 0.198. The summed E-state index contributed by atoms with van der Waals surface area (Å²) < 4.78 is 0. The predicted molar refractivity (Wildman–Crippen MR) is 179 cm³/mol. The van der Waals surface area contributed by atoms with E-state index in [4.69, 9.17) is 15.9 Å². The van der Waals surface area contributed by atoms with Crippen molar-refractivity contribution in [2.45, 2.75) is 87.7 Å². The van der Waals surface area contributed by atoms with Crippen LogP contribution in [0.2, 0.25) is 0 Å². The van der Waals surface area contributed by atoms with Gasteiger partial charge in [0.25, 0.3) is 0 Å². The molecule has 22 heteroatoms. The van der Waals surface area contributed by atoms with Crippen molar-refractivity contribution in [2.24, 2.45) is 5.73 Å². The van der Waals surface area contributed by atoms with Crippen LogP contribution in [0.5, 0.6) is 0 Å². The molecule has 8 amide bonds. The van der Waals surface area contributed by atoms with E-state index in [2.05, 4.69) is 26.6 Å². The van der Waals surface area contributed by atoms with Crippen molar-refractivity contribution in [3.05, 3.63) is 0 Å². The van der Waals surface area contributed by atoms with Gasteiger partial charge in [0.2, 0.25) is 47.3 Å². The lowest BCUT2D eigenvalue weighted by molar-refractivity contribution is -0.151. The summed E-state index contributed by atoms with van der Waals surface area (Å²) in [5.74, 6) is -7.08. The molecule has 0 aromatic heterocycles. The van der Waals surface area contributed by atoms with Crippen molar-refractivity contribution in [1.82, 2.24) is 41.3 Å². The normalized spacial score (nSPS) is 21.9. The van der Waals surface area contributed by atoms with Crippen LogP contribution in [0, 0.1) is 0 Å². The monoisotopic (exact) mass is 755 g/mol. The Morgan fingerprint density at radius 3 is 1.64 bits per heavy atom. The van der Waals surface area contributed by atoms with Crippen molar-refractivity contribution >= 4 is 53.2 Å². The highest BCUT2D eigenvalue weighted by Crippen LogP contribution is 2.28. The minimum Gasteiger partial charge on any atom is -0.480 e. The SMILES string of the molecule is C[C@H](NC(=O)CNC(=O)[C@H](CO)NC(=O)[C@@H](N)CO)C(=O)N1CCC[C@H]1C(=O)N1CCC[C@H]1C(=O)N1CCC[C@H]1C(=O)N[C@@H](CO)C(=O)NCC(=O)O. The van der Waals surface area contributed by atoms with Crippen molar-refractivity contribution in [1.29, 1.82) is 0 Å². The van der Waals surface area contributed by atoms with Crippen LogP contribution in [-0.4, -0.2) is 183 Å². The van der Waals surface area contributed by atoms with E-state index in [1.54, 1.807) is 0 Å². The number of carbonyl (C=O) groups excluding carboxylic acids is 8. The zero-order chi connectivity index (χ0) is 39.4. The number of nitrogens with two attached hydrogens (primary N) is 1. The summed E-state index contributed by atoms with van der Waals surface area (Å²) >= 11 is 0. The molecule has 3 saturated heterocycles. The predicted octanol–water partition coefficient (Wildman–Crippen LogP) is -6.95. The molecule has 296 valence electrons. The van der Waals surface area contributed by atoms with Gasteiger partial charge in [-0.2, -0.15) is 0 Å². The highest BCUT2D eigenvalue weighted by atomic mass is 16.4. The molecule has 3 rings (SSSR count). The molecule has 0 saturated carbocycles. The third-order valence-corrected chi connectivity index (χ3v) is 9.23. The Labute approximate surface area is 304 Å². The fourth-order valence-electron chi connectivity index (χ4n) is 6.46. The van der Waals surface area contributed by atoms with E-state index < -0.39 is 128 Å². The number of amides is 8. The number of nitrogens with one attached hydrogen (secondary N) is 5. The van der Waals surface area contributed by atoms with Crippen LogP contribution < -0.4 is 32.3 Å². The first-order valence-electron chi connectivity index (χ1n) is 17.3. The summed E-state index contributed by atoms with van der Waals surface area (Å²) in [6.07, 6.45) is 2.27. The highest BCUT2D eigenvalue weighted by molar-refractivity contribution is 5.98. The number of rotatable bonds is 17. The molecule has 0 radical (unpaired) electrons. The van der Waals surface area contributed by atoms with E-state index in [1.807, 2.05) is 0 Å². The number of aliphatic carboxylic acids is 1. The average molecular weight is 756 g/mol. The summed E-state index contributed by atoms with van der Waals surface area (Å²) in [5.41, 5.74) is 5.38. The van der Waals surface area contributed by atoms with Crippen LogP contribution in [0.1, 0.15) is 45.4 Å². The molecule has 0 bridgehead atoms. The van der Waals surface area contributed by atoms with Gasteiger partial charge in [0.05, 0.1) is 26.4 Å². The fourth-order valence-corrected chi connectivity index (χ4v) is 6.46. The van der Waals surface area contributed by atoms with E-state index in [-0.39, 0.29) is 26.1 Å². The van der Waals surface area contributed by atoms with Gasteiger partial charge in [-0.15, -0.1) is 0 Å². The summed E-state index contributed by atoms with van der Waals surface area (Å²) in [6, 6.07) is -8.21. The van der Waals surface area contributed by atoms with Crippen LogP contribution in [0.3, 0.4) is 0 Å². The maximum absolute atomic E-state index is 13.9. The van der Waals surface area contributed by atoms with Gasteiger partial charge in [-0.3, -0.25) is 43.2 Å². The van der Waals surface area contributed by atoms with Gasteiger partial charge in [-0.05, 0) is 45.4 Å². The van der Waals surface area contributed by atoms with E-state index in [0.29, 0.717) is 32.1 Å². The second-order valence-corrected chi connectivity index (χ2v) is 13.0. The number of carboxylic acids is 1. The largest absolute Gasteiger partial charge is 0.480 e. The lowest BCUT2D eigenvalue weighted by Gasteiger charge is -2.34. The summed E-state index contributed by atoms with van der Waals surface area (Å²) in [4.78, 5) is 118. The molecule has 0 spiro atoms. The molecule has 0 aromatic carbocycles. The van der Waals surface area contributed by atoms with Crippen LogP contribution in [0.15, 0.2) is 0 Å². The van der Waals surface area contributed by atoms with Gasteiger partial charge >= 0.3 is 5.97 Å². The highest BCUT2D eigenvalue weighted by Gasteiger charge is 2.46. The van der Waals surface area contributed by atoms with Gasteiger partial charge in [0, 0.05) is 19.6 Å². The zero-order valence-electron chi connectivity index (χ0n) is 29.3. The second kappa shape index (κ2) is 19.8. The van der Waals surface area contributed by atoms with E-state index in [9.17, 15) is 53.4 Å². The van der Waals surface area contributed by atoms with Crippen molar-refractivity contribution in [3.63, 3.8) is 0 Å². The fraction of sp³-hybridized carbons (Fsp3) is 0.710. The molecule has 11 N–H and O–H groups in total. The van der Waals surface area contributed by atoms with Gasteiger partial charge in [-0.1, -0.05) is 0 Å². The Kier molecular flexibility index (Phi) is 15.9. The molecule has 3 aliphatic rings. The van der Waals surface area contributed by atoms with E-state index in [0.717, 1.165) is 0 Å². The average Bonchev–Trinajstić information content (AvgIpc) is 3.94. The molecule has 3 aliphatic heterocycles. The number of carboxylic acid groups (broad SMARTS) is 1. The molecule has 7 atom stereocenters. The molecule has 53 heavy (non-hydrogen) atoms. The number of nitrogens with zero attached hydrogens (tertiary/aromatic N) is 3. The van der Waals surface area contributed by atoms with Gasteiger partial charge < -0.3 is 67.4 Å². The third kappa shape index (κ3) is 11.0. The first kappa shape index (κ1) is 42.5. The Morgan fingerprint density at radius 1 is 0.642 bits per heavy atom. The molecule has 3 heterocycles. The van der Waals surface area contributed by atoms with Gasteiger partial charge in [0.1, 0.15) is 48.8 Å². The summed E-state index contributed by atoms with van der Waals surface area (Å²) in [5, 5.41) is 48.0. The third-order valence-electron chi connectivity index (χ3n) is 9.23.